The predicted octanol–water partition coefficient (Wildman–Crippen LogP) is 2.47. The fourth-order valence-corrected chi connectivity index (χ4v) is 1.49. The van der Waals surface area contributed by atoms with Crippen LogP contribution in [0.4, 0.5) is 8.78 Å². The standard InChI is InChI=1S/C10H9F2NO/c11-10(12)9(14)7-3-1-2-6-4-5-13-8(6)7/h1-5,9-10,13-14H. The summed E-state index contributed by atoms with van der Waals surface area (Å²) < 4.78 is 24.6. The second-order valence-electron chi connectivity index (χ2n) is 3.07. The predicted molar refractivity (Wildman–Crippen MR) is 49.3 cm³/mol. The number of H-pyrrole nitrogens is 1. The van der Waals surface area contributed by atoms with Crippen LogP contribution in [0.1, 0.15) is 11.7 Å². The third-order valence-electron chi connectivity index (χ3n) is 2.18. The number of para-hydroxylation sites is 1. The first kappa shape index (κ1) is 9.15. The molecule has 1 aromatic heterocycles. The normalized spacial score (nSPS) is 13.7. The van der Waals surface area contributed by atoms with Crippen LogP contribution in [0.5, 0.6) is 0 Å². The zero-order chi connectivity index (χ0) is 10.1. The molecule has 0 aliphatic carbocycles. The average molecular weight is 197 g/mol. The summed E-state index contributed by atoms with van der Waals surface area (Å²) >= 11 is 0. The maximum Gasteiger partial charge on any atom is 0.268 e. The maximum absolute atomic E-state index is 12.3. The van der Waals surface area contributed by atoms with E-state index in [0.29, 0.717) is 5.52 Å². The molecule has 4 heteroatoms. The Bertz CT molecular complexity index is 438. The van der Waals surface area contributed by atoms with Crippen molar-refractivity contribution >= 4 is 10.9 Å². The van der Waals surface area contributed by atoms with E-state index in [1.165, 1.54) is 6.07 Å². The highest BCUT2D eigenvalue weighted by Gasteiger charge is 2.21. The average Bonchev–Trinajstić information content (AvgIpc) is 2.63. The molecule has 0 saturated heterocycles. The Morgan fingerprint density at radius 2 is 2.00 bits per heavy atom. The minimum absolute atomic E-state index is 0.238. The number of benzene rings is 1. The van der Waals surface area contributed by atoms with Gasteiger partial charge >= 0.3 is 0 Å². The van der Waals surface area contributed by atoms with Crippen LogP contribution in [0.3, 0.4) is 0 Å². The van der Waals surface area contributed by atoms with Crippen molar-refractivity contribution < 1.29 is 13.9 Å². The molecular formula is C10H9F2NO. The Kier molecular flexibility index (Phi) is 2.21. The molecule has 0 radical (unpaired) electrons. The Labute approximate surface area is 79.2 Å². The van der Waals surface area contributed by atoms with E-state index >= 15 is 0 Å². The molecule has 14 heavy (non-hydrogen) atoms. The van der Waals surface area contributed by atoms with Gasteiger partial charge in [0.1, 0.15) is 6.10 Å². The lowest BCUT2D eigenvalue weighted by molar-refractivity contribution is -0.00503. The second-order valence-corrected chi connectivity index (χ2v) is 3.07. The summed E-state index contributed by atoms with van der Waals surface area (Å²) in [6.45, 7) is 0. The van der Waals surface area contributed by atoms with Crippen molar-refractivity contribution in [1.82, 2.24) is 4.98 Å². The SMILES string of the molecule is OC(c1cccc2cc[nH]c12)C(F)F. The molecule has 74 valence electrons. The molecule has 1 atom stereocenters. The number of aromatic amines is 1. The molecule has 0 bridgehead atoms. The highest BCUT2D eigenvalue weighted by Crippen LogP contribution is 2.26. The number of fused-ring (bicyclic) bond motifs is 1. The largest absolute Gasteiger partial charge is 0.382 e. The van der Waals surface area contributed by atoms with E-state index in [4.69, 9.17) is 0 Å². The summed E-state index contributed by atoms with van der Waals surface area (Å²) in [7, 11) is 0. The molecule has 0 fully saturated rings. The lowest BCUT2D eigenvalue weighted by Gasteiger charge is -2.10. The third-order valence-corrected chi connectivity index (χ3v) is 2.18. The third kappa shape index (κ3) is 1.37. The van der Waals surface area contributed by atoms with Gasteiger partial charge in [-0.25, -0.2) is 8.78 Å². The zero-order valence-corrected chi connectivity index (χ0v) is 7.24. The number of aliphatic hydroxyl groups is 1. The van der Waals surface area contributed by atoms with Gasteiger partial charge < -0.3 is 10.1 Å². The van der Waals surface area contributed by atoms with E-state index in [1.807, 2.05) is 0 Å². The molecule has 1 unspecified atom stereocenters. The van der Waals surface area contributed by atoms with E-state index in [9.17, 15) is 13.9 Å². The monoisotopic (exact) mass is 197 g/mol. The van der Waals surface area contributed by atoms with Crippen LogP contribution in [0, 0.1) is 0 Å². The smallest absolute Gasteiger partial charge is 0.268 e. The van der Waals surface area contributed by atoms with Crippen molar-refractivity contribution in [2.45, 2.75) is 12.5 Å². The van der Waals surface area contributed by atoms with Gasteiger partial charge in [0.15, 0.2) is 0 Å². The number of alkyl halides is 2. The molecule has 1 heterocycles. The number of hydrogen-bond acceptors (Lipinski definition) is 1. The zero-order valence-electron chi connectivity index (χ0n) is 7.24. The summed E-state index contributed by atoms with van der Waals surface area (Å²) in [4.78, 5) is 2.83. The van der Waals surface area contributed by atoms with Crippen LogP contribution >= 0.6 is 0 Å². The highest BCUT2D eigenvalue weighted by atomic mass is 19.3. The Hall–Kier alpha value is -1.42. The molecule has 0 amide bonds. The molecule has 0 spiro atoms. The van der Waals surface area contributed by atoms with Gasteiger partial charge in [0.05, 0.1) is 5.52 Å². The van der Waals surface area contributed by atoms with Crippen molar-refractivity contribution in [2.24, 2.45) is 0 Å². The van der Waals surface area contributed by atoms with E-state index in [2.05, 4.69) is 4.98 Å². The van der Waals surface area contributed by atoms with Gasteiger partial charge in [0.25, 0.3) is 6.43 Å². The Morgan fingerprint density at radius 3 is 2.71 bits per heavy atom. The summed E-state index contributed by atoms with van der Waals surface area (Å²) in [6.07, 6.45) is -2.83. The van der Waals surface area contributed by atoms with E-state index in [1.54, 1.807) is 24.4 Å². The van der Waals surface area contributed by atoms with E-state index in [-0.39, 0.29) is 5.56 Å². The summed E-state index contributed by atoms with van der Waals surface area (Å²) in [5.74, 6) is 0. The second kappa shape index (κ2) is 3.38. The first-order chi connectivity index (χ1) is 6.70. The molecule has 2 aromatic rings. The fraction of sp³-hybridized carbons (Fsp3) is 0.200. The highest BCUT2D eigenvalue weighted by molar-refractivity contribution is 5.82. The number of halogens is 2. The lowest BCUT2D eigenvalue weighted by Crippen LogP contribution is -2.08. The van der Waals surface area contributed by atoms with Gasteiger partial charge in [-0.05, 0) is 11.5 Å². The van der Waals surface area contributed by atoms with Crippen molar-refractivity contribution in [2.75, 3.05) is 0 Å². The van der Waals surface area contributed by atoms with Crippen LogP contribution in [0.15, 0.2) is 30.5 Å². The minimum atomic E-state index is -2.76. The van der Waals surface area contributed by atoms with Crippen molar-refractivity contribution in [3.05, 3.63) is 36.0 Å². The van der Waals surface area contributed by atoms with E-state index < -0.39 is 12.5 Å². The maximum atomic E-state index is 12.3. The van der Waals surface area contributed by atoms with Crippen LogP contribution in [0.25, 0.3) is 10.9 Å². The number of nitrogens with one attached hydrogen (secondary N) is 1. The first-order valence-electron chi connectivity index (χ1n) is 4.22. The Morgan fingerprint density at radius 1 is 1.21 bits per heavy atom. The van der Waals surface area contributed by atoms with Gasteiger partial charge in [-0.2, -0.15) is 0 Å². The van der Waals surface area contributed by atoms with Crippen LogP contribution in [-0.2, 0) is 0 Å². The number of aliphatic hydroxyl groups excluding tert-OH is 1. The number of aromatic nitrogens is 1. The van der Waals surface area contributed by atoms with Gasteiger partial charge in [-0.3, -0.25) is 0 Å². The molecule has 0 saturated carbocycles. The lowest BCUT2D eigenvalue weighted by atomic mass is 10.1. The van der Waals surface area contributed by atoms with Gasteiger partial charge in [-0.1, -0.05) is 18.2 Å². The molecule has 0 aliphatic heterocycles. The molecule has 0 aliphatic rings. The number of hydrogen-bond donors (Lipinski definition) is 2. The first-order valence-corrected chi connectivity index (χ1v) is 4.22. The number of rotatable bonds is 2. The van der Waals surface area contributed by atoms with Gasteiger partial charge in [0.2, 0.25) is 0 Å². The van der Waals surface area contributed by atoms with Crippen LogP contribution in [-0.4, -0.2) is 16.5 Å². The fourth-order valence-electron chi connectivity index (χ4n) is 1.49. The van der Waals surface area contributed by atoms with Crippen LogP contribution in [0.2, 0.25) is 0 Å². The summed E-state index contributed by atoms with van der Waals surface area (Å²) in [6, 6.07) is 6.72. The van der Waals surface area contributed by atoms with Crippen molar-refractivity contribution in [3.8, 4) is 0 Å². The van der Waals surface area contributed by atoms with Crippen molar-refractivity contribution in [1.29, 1.82) is 0 Å². The topological polar surface area (TPSA) is 36.0 Å². The van der Waals surface area contributed by atoms with E-state index in [0.717, 1.165) is 5.39 Å². The molecule has 2 nitrogen and oxygen atoms in total. The quantitative estimate of drug-likeness (QED) is 0.762. The van der Waals surface area contributed by atoms with Gasteiger partial charge in [-0.15, -0.1) is 0 Å². The summed E-state index contributed by atoms with van der Waals surface area (Å²) in [5, 5.41) is 10.1. The van der Waals surface area contributed by atoms with Crippen LogP contribution < -0.4 is 0 Å². The molecule has 2 rings (SSSR count). The van der Waals surface area contributed by atoms with Crippen molar-refractivity contribution in [3.63, 3.8) is 0 Å². The minimum Gasteiger partial charge on any atom is -0.382 e. The molecule has 1 aromatic carbocycles. The molecular weight excluding hydrogens is 188 g/mol. The Balaban J connectivity index is 2.56. The van der Waals surface area contributed by atoms with Gasteiger partial charge in [0, 0.05) is 11.8 Å². The summed E-state index contributed by atoms with van der Waals surface area (Å²) in [5.41, 5.74) is 0.808. The molecule has 2 N–H and O–H groups in total.